The summed E-state index contributed by atoms with van der Waals surface area (Å²) in [5.41, 5.74) is -0.811. The molecule has 114 valence electrons. The Hall–Kier alpha value is -1.60. The van der Waals surface area contributed by atoms with E-state index in [1.54, 1.807) is 18.2 Å². The molecule has 0 aliphatic heterocycles. The van der Waals surface area contributed by atoms with Crippen LogP contribution in [0.15, 0.2) is 29.2 Å². The fraction of sp³-hybridized carbons (Fsp3) is 0.500. The number of rotatable bonds is 6. The highest BCUT2D eigenvalue weighted by Crippen LogP contribution is 2.42. The van der Waals surface area contributed by atoms with Gasteiger partial charge in [-0.1, -0.05) is 19.1 Å². The molecule has 0 aromatic heterocycles. The molecule has 0 amide bonds. The van der Waals surface area contributed by atoms with E-state index in [4.69, 9.17) is 0 Å². The number of carbonyl (C=O) groups is 1. The molecule has 7 heteroatoms. The highest BCUT2D eigenvalue weighted by Gasteiger charge is 2.45. The summed E-state index contributed by atoms with van der Waals surface area (Å²) in [6, 6.07) is 6.60. The van der Waals surface area contributed by atoms with Crippen molar-refractivity contribution in [3.8, 4) is 0 Å². The van der Waals surface area contributed by atoms with Gasteiger partial charge in [0.1, 0.15) is 5.54 Å². The molecule has 0 bridgehead atoms. The molecule has 1 aromatic rings. The topological polar surface area (TPSA) is 92.5 Å². The second kappa shape index (κ2) is 6.44. The summed E-state index contributed by atoms with van der Waals surface area (Å²) < 4.78 is 0. The van der Waals surface area contributed by atoms with Gasteiger partial charge in [0.15, 0.2) is 0 Å². The summed E-state index contributed by atoms with van der Waals surface area (Å²) in [5.74, 6) is -0.838. The predicted octanol–water partition coefficient (Wildman–Crippen LogP) is 2.67. The molecule has 0 spiro atoms. The van der Waals surface area contributed by atoms with Gasteiger partial charge in [0.2, 0.25) is 0 Å². The van der Waals surface area contributed by atoms with Gasteiger partial charge in [-0.25, -0.2) is 0 Å². The SMILES string of the molecule is CCNC1(C(=O)O)CCC(Sc2ccccc2[N+](=O)[O-])C1. The molecule has 1 fully saturated rings. The Morgan fingerprint density at radius 3 is 2.90 bits per heavy atom. The molecule has 0 radical (unpaired) electrons. The molecule has 2 N–H and O–H groups in total. The van der Waals surface area contributed by atoms with Gasteiger partial charge in [0.05, 0.1) is 9.82 Å². The average Bonchev–Trinajstić information content (AvgIpc) is 2.84. The van der Waals surface area contributed by atoms with Crippen molar-refractivity contribution < 1.29 is 14.8 Å². The van der Waals surface area contributed by atoms with Crippen LogP contribution in [0.2, 0.25) is 0 Å². The van der Waals surface area contributed by atoms with Crippen LogP contribution in [0.1, 0.15) is 26.2 Å². The summed E-state index contributed by atoms with van der Waals surface area (Å²) >= 11 is 1.41. The zero-order chi connectivity index (χ0) is 15.5. The molecule has 0 heterocycles. The molecule has 0 saturated heterocycles. The van der Waals surface area contributed by atoms with Crippen LogP contribution in [0.25, 0.3) is 0 Å². The molecule has 6 nitrogen and oxygen atoms in total. The van der Waals surface area contributed by atoms with E-state index in [9.17, 15) is 20.0 Å². The third kappa shape index (κ3) is 3.36. The average molecular weight is 310 g/mol. The van der Waals surface area contributed by atoms with Gasteiger partial charge in [0.25, 0.3) is 5.69 Å². The van der Waals surface area contributed by atoms with Gasteiger partial charge in [-0.3, -0.25) is 14.9 Å². The fourth-order valence-corrected chi connectivity index (χ4v) is 4.14. The minimum atomic E-state index is -0.893. The maximum atomic E-state index is 11.5. The fourth-order valence-electron chi connectivity index (χ4n) is 2.76. The monoisotopic (exact) mass is 310 g/mol. The number of carboxylic acid groups (broad SMARTS) is 1. The number of likely N-dealkylation sites (N-methyl/N-ethyl adjacent to an activating group) is 1. The second-order valence-electron chi connectivity index (χ2n) is 5.13. The van der Waals surface area contributed by atoms with E-state index >= 15 is 0 Å². The molecule has 1 aliphatic carbocycles. The number of aliphatic carboxylic acids is 1. The summed E-state index contributed by atoms with van der Waals surface area (Å²) in [6.45, 7) is 2.47. The lowest BCUT2D eigenvalue weighted by Gasteiger charge is -2.25. The number of carboxylic acids is 1. The van der Waals surface area contributed by atoms with Crippen molar-refractivity contribution in [1.29, 1.82) is 0 Å². The van der Waals surface area contributed by atoms with Crippen molar-refractivity contribution in [2.75, 3.05) is 6.54 Å². The van der Waals surface area contributed by atoms with E-state index < -0.39 is 16.4 Å². The van der Waals surface area contributed by atoms with Crippen LogP contribution in [0.3, 0.4) is 0 Å². The number of nitrogens with zero attached hydrogens (tertiary/aromatic N) is 1. The van der Waals surface area contributed by atoms with Crippen molar-refractivity contribution in [2.24, 2.45) is 0 Å². The summed E-state index contributed by atoms with van der Waals surface area (Å²) in [6.07, 6.45) is 1.76. The number of hydrogen-bond acceptors (Lipinski definition) is 5. The summed E-state index contributed by atoms with van der Waals surface area (Å²) in [7, 11) is 0. The number of para-hydroxylation sites is 1. The normalized spacial score (nSPS) is 24.9. The van der Waals surface area contributed by atoms with E-state index in [0.29, 0.717) is 24.3 Å². The Kier molecular flexibility index (Phi) is 4.84. The van der Waals surface area contributed by atoms with Gasteiger partial charge in [-0.2, -0.15) is 0 Å². The smallest absolute Gasteiger partial charge is 0.323 e. The number of hydrogen-bond donors (Lipinski definition) is 2. The van der Waals surface area contributed by atoms with Crippen LogP contribution in [-0.2, 0) is 4.79 Å². The minimum absolute atomic E-state index is 0.0706. The van der Waals surface area contributed by atoms with Crippen molar-refractivity contribution in [3.05, 3.63) is 34.4 Å². The largest absolute Gasteiger partial charge is 0.480 e. The Labute approximate surface area is 127 Å². The van der Waals surface area contributed by atoms with Crippen LogP contribution in [0.5, 0.6) is 0 Å². The molecule has 2 rings (SSSR count). The predicted molar refractivity (Wildman–Crippen MR) is 80.6 cm³/mol. The number of nitro groups is 1. The van der Waals surface area contributed by atoms with Crippen molar-refractivity contribution in [3.63, 3.8) is 0 Å². The second-order valence-corrected chi connectivity index (χ2v) is 6.47. The molecular weight excluding hydrogens is 292 g/mol. The number of nitro benzene ring substituents is 1. The van der Waals surface area contributed by atoms with Crippen LogP contribution < -0.4 is 5.32 Å². The Morgan fingerprint density at radius 1 is 1.57 bits per heavy atom. The van der Waals surface area contributed by atoms with E-state index in [2.05, 4.69) is 5.32 Å². The molecule has 1 aromatic carbocycles. The number of benzene rings is 1. The van der Waals surface area contributed by atoms with Gasteiger partial charge in [0, 0.05) is 11.3 Å². The molecule has 1 saturated carbocycles. The first-order valence-corrected chi connectivity index (χ1v) is 7.75. The van der Waals surface area contributed by atoms with Crippen LogP contribution in [0, 0.1) is 10.1 Å². The van der Waals surface area contributed by atoms with E-state index in [0.717, 1.165) is 6.42 Å². The Balaban J connectivity index is 2.13. The van der Waals surface area contributed by atoms with E-state index in [1.165, 1.54) is 17.8 Å². The zero-order valence-electron chi connectivity index (χ0n) is 11.7. The van der Waals surface area contributed by atoms with Crippen LogP contribution >= 0.6 is 11.8 Å². The lowest BCUT2D eigenvalue weighted by Crippen LogP contribution is -2.50. The van der Waals surface area contributed by atoms with Gasteiger partial charge in [-0.05, 0) is 31.9 Å². The van der Waals surface area contributed by atoms with Crippen molar-refractivity contribution >= 4 is 23.4 Å². The highest BCUT2D eigenvalue weighted by molar-refractivity contribution is 8.00. The van der Waals surface area contributed by atoms with E-state index in [-0.39, 0.29) is 10.9 Å². The zero-order valence-corrected chi connectivity index (χ0v) is 12.6. The lowest BCUT2D eigenvalue weighted by atomic mass is 9.98. The molecule has 1 aliphatic rings. The molecular formula is C14H18N2O4S. The Morgan fingerprint density at radius 2 is 2.29 bits per heavy atom. The Bertz CT molecular complexity index is 552. The van der Waals surface area contributed by atoms with Gasteiger partial charge >= 0.3 is 5.97 Å². The third-order valence-corrected chi connectivity index (χ3v) is 5.08. The number of nitrogens with one attached hydrogen (secondary N) is 1. The first kappa shape index (κ1) is 15.8. The number of thioether (sulfide) groups is 1. The highest BCUT2D eigenvalue weighted by atomic mass is 32.2. The maximum Gasteiger partial charge on any atom is 0.323 e. The minimum Gasteiger partial charge on any atom is -0.480 e. The van der Waals surface area contributed by atoms with Gasteiger partial charge < -0.3 is 10.4 Å². The molecule has 21 heavy (non-hydrogen) atoms. The first-order chi connectivity index (χ1) is 9.98. The molecule has 2 unspecified atom stereocenters. The van der Waals surface area contributed by atoms with Crippen LogP contribution in [0.4, 0.5) is 5.69 Å². The molecule has 2 atom stereocenters. The van der Waals surface area contributed by atoms with Crippen molar-refractivity contribution in [2.45, 2.75) is 41.9 Å². The standard InChI is InChI=1S/C14H18N2O4S/c1-2-15-14(13(17)18)8-7-10(9-14)21-12-6-4-3-5-11(12)16(19)20/h3-6,10,15H,2,7-9H2,1H3,(H,17,18). The summed E-state index contributed by atoms with van der Waals surface area (Å²) in [5, 5.41) is 23.6. The first-order valence-electron chi connectivity index (χ1n) is 6.87. The quantitative estimate of drug-likeness (QED) is 0.620. The lowest BCUT2D eigenvalue weighted by molar-refractivity contribution is -0.387. The third-order valence-electron chi connectivity index (χ3n) is 3.75. The van der Waals surface area contributed by atoms with E-state index in [1.807, 2.05) is 6.92 Å². The summed E-state index contributed by atoms with van der Waals surface area (Å²) in [4.78, 5) is 22.7. The van der Waals surface area contributed by atoms with Crippen LogP contribution in [-0.4, -0.2) is 33.3 Å². The van der Waals surface area contributed by atoms with Gasteiger partial charge in [-0.15, -0.1) is 11.8 Å². The van der Waals surface area contributed by atoms with Crippen molar-refractivity contribution in [1.82, 2.24) is 5.32 Å². The maximum absolute atomic E-state index is 11.5.